The topological polar surface area (TPSA) is 88.1 Å². The van der Waals surface area contributed by atoms with Crippen LogP contribution in [0.25, 0.3) is 5.69 Å². The van der Waals surface area contributed by atoms with Crippen molar-refractivity contribution in [3.05, 3.63) is 41.7 Å². The number of hydrogen-bond acceptors (Lipinski definition) is 3. The smallest absolute Gasteiger partial charge is 0.319 e. The summed E-state index contributed by atoms with van der Waals surface area (Å²) in [5.74, 6) is -0.118. The van der Waals surface area contributed by atoms with E-state index in [9.17, 15) is 9.59 Å². The summed E-state index contributed by atoms with van der Waals surface area (Å²) >= 11 is 6.11. The second-order valence-corrected chi connectivity index (χ2v) is 5.86. The highest BCUT2D eigenvalue weighted by Crippen LogP contribution is 2.20. The predicted molar refractivity (Wildman–Crippen MR) is 93.4 cm³/mol. The zero-order valence-electron chi connectivity index (χ0n) is 13.5. The van der Waals surface area contributed by atoms with Gasteiger partial charge in [-0.1, -0.05) is 37.6 Å². The number of carbonyl (C=O) groups is 2. The number of aromatic nitrogens is 2. The van der Waals surface area contributed by atoms with Crippen molar-refractivity contribution in [2.24, 2.45) is 5.92 Å². The van der Waals surface area contributed by atoms with Gasteiger partial charge in [0.15, 0.2) is 0 Å². The summed E-state index contributed by atoms with van der Waals surface area (Å²) in [6.45, 7) is 4.34. The molecule has 0 bridgehead atoms. The Kier molecular flexibility index (Phi) is 6.20. The molecule has 128 valence electrons. The lowest BCUT2D eigenvalue weighted by molar-refractivity contribution is -0.123. The monoisotopic (exact) mass is 349 g/mol. The summed E-state index contributed by atoms with van der Waals surface area (Å²) in [5, 5.41) is 12.8. The zero-order chi connectivity index (χ0) is 17.5. The Balaban J connectivity index is 1.81. The van der Waals surface area contributed by atoms with E-state index in [-0.39, 0.29) is 17.9 Å². The molecule has 0 aliphatic rings. The molecule has 2 rings (SSSR count). The van der Waals surface area contributed by atoms with Crippen LogP contribution in [0.15, 0.2) is 36.7 Å². The molecule has 24 heavy (non-hydrogen) atoms. The fourth-order valence-electron chi connectivity index (χ4n) is 1.90. The Labute approximate surface area is 145 Å². The first kappa shape index (κ1) is 17.8. The van der Waals surface area contributed by atoms with Crippen LogP contribution in [-0.2, 0) is 4.79 Å². The number of benzene rings is 1. The molecule has 3 amide bonds. The fraction of sp³-hybridized carbons (Fsp3) is 0.312. The van der Waals surface area contributed by atoms with Gasteiger partial charge in [0.05, 0.1) is 28.8 Å². The van der Waals surface area contributed by atoms with Gasteiger partial charge in [0.25, 0.3) is 0 Å². The largest absolute Gasteiger partial charge is 0.354 e. The van der Waals surface area contributed by atoms with E-state index in [0.29, 0.717) is 23.8 Å². The van der Waals surface area contributed by atoms with Crippen molar-refractivity contribution in [3.63, 3.8) is 0 Å². The number of carbonyl (C=O) groups excluding carboxylic acids is 2. The molecule has 0 unspecified atom stereocenters. The highest BCUT2D eigenvalue weighted by molar-refractivity contribution is 6.32. The lowest BCUT2D eigenvalue weighted by atomic mass is 10.2. The molecule has 8 heteroatoms. The minimum Gasteiger partial charge on any atom is -0.354 e. The van der Waals surface area contributed by atoms with Crippen LogP contribution in [0, 0.1) is 5.92 Å². The quantitative estimate of drug-likeness (QED) is 0.700. The Hall–Kier alpha value is -2.54. The number of amides is 3. The first-order valence-electron chi connectivity index (χ1n) is 7.59. The SMILES string of the molecule is CC(C)C(=O)NCCNC(=O)Nc1cnn(-c2ccccc2Cl)c1. The van der Waals surface area contributed by atoms with Crippen molar-refractivity contribution in [1.82, 2.24) is 20.4 Å². The van der Waals surface area contributed by atoms with Gasteiger partial charge < -0.3 is 16.0 Å². The summed E-state index contributed by atoms with van der Waals surface area (Å²) in [6, 6.07) is 6.92. The third-order valence-electron chi connectivity index (χ3n) is 3.17. The summed E-state index contributed by atoms with van der Waals surface area (Å²) in [5.41, 5.74) is 1.27. The summed E-state index contributed by atoms with van der Waals surface area (Å²) in [4.78, 5) is 23.2. The van der Waals surface area contributed by atoms with Gasteiger partial charge in [-0.3, -0.25) is 4.79 Å². The van der Waals surface area contributed by atoms with Gasteiger partial charge in [-0.25, -0.2) is 9.48 Å². The molecule has 0 spiro atoms. The molecule has 0 radical (unpaired) electrons. The predicted octanol–water partition coefficient (Wildman–Crippen LogP) is 2.42. The maximum atomic E-state index is 11.8. The molecule has 2 aromatic rings. The Morgan fingerprint density at radius 3 is 2.62 bits per heavy atom. The molecule has 3 N–H and O–H groups in total. The highest BCUT2D eigenvalue weighted by atomic mass is 35.5. The van der Waals surface area contributed by atoms with E-state index in [2.05, 4.69) is 21.0 Å². The second kappa shape index (κ2) is 8.35. The number of hydrogen-bond donors (Lipinski definition) is 3. The molecule has 1 aromatic carbocycles. The summed E-state index contributed by atoms with van der Waals surface area (Å²) in [7, 11) is 0. The minimum absolute atomic E-state index is 0.0433. The molecular formula is C16H20ClN5O2. The molecule has 1 heterocycles. The van der Waals surface area contributed by atoms with Crippen molar-refractivity contribution in [2.75, 3.05) is 18.4 Å². The number of nitrogens with zero attached hydrogens (tertiary/aromatic N) is 2. The molecule has 0 saturated heterocycles. The van der Waals surface area contributed by atoms with E-state index in [0.717, 1.165) is 5.69 Å². The number of urea groups is 1. The summed E-state index contributed by atoms with van der Waals surface area (Å²) in [6.07, 6.45) is 3.20. The first-order valence-corrected chi connectivity index (χ1v) is 7.97. The Morgan fingerprint density at radius 1 is 1.21 bits per heavy atom. The van der Waals surface area contributed by atoms with Crippen LogP contribution < -0.4 is 16.0 Å². The molecule has 0 atom stereocenters. The van der Waals surface area contributed by atoms with Crippen LogP contribution in [0.5, 0.6) is 0 Å². The molecule has 0 fully saturated rings. The van der Waals surface area contributed by atoms with Crippen LogP contribution in [0.2, 0.25) is 5.02 Å². The van der Waals surface area contributed by atoms with Crippen molar-refractivity contribution in [3.8, 4) is 5.69 Å². The molecular weight excluding hydrogens is 330 g/mol. The van der Waals surface area contributed by atoms with Crippen LogP contribution in [0.4, 0.5) is 10.5 Å². The second-order valence-electron chi connectivity index (χ2n) is 5.45. The van der Waals surface area contributed by atoms with Crippen molar-refractivity contribution in [1.29, 1.82) is 0 Å². The number of nitrogens with one attached hydrogen (secondary N) is 3. The van der Waals surface area contributed by atoms with Gasteiger partial charge in [0.1, 0.15) is 0 Å². The van der Waals surface area contributed by atoms with Gasteiger partial charge in [0.2, 0.25) is 5.91 Å². The van der Waals surface area contributed by atoms with Crippen molar-refractivity contribution in [2.45, 2.75) is 13.8 Å². The maximum absolute atomic E-state index is 11.8. The van der Waals surface area contributed by atoms with E-state index >= 15 is 0 Å². The lowest BCUT2D eigenvalue weighted by Crippen LogP contribution is -2.38. The van der Waals surface area contributed by atoms with Gasteiger partial charge >= 0.3 is 6.03 Å². The van der Waals surface area contributed by atoms with E-state index in [4.69, 9.17) is 11.6 Å². The molecule has 0 aliphatic heterocycles. The van der Waals surface area contributed by atoms with E-state index in [1.165, 1.54) is 6.20 Å². The fourth-order valence-corrected chi connectivity index (χ4v) is 2.12. The van der Waals surface area contributed by atoms with Gasteiger partial charge in [-0.15, -0.1) is 0 Å². The van der Waals surface area contributed by atoms with Crippen LogP contribution in [-0.4, -0.2) is 34.8 Å². The average molecular weight is 350 g/mol. The maximum Gasteiger partial charge on any atom is 0.319 e. The average Bonchev–Trinajstić information content (AvgIpc) is 2.99. The zero-order valence-corrected chi connectivity index (χ0v) is 14.3. The molecule has 0 saturated carbocycles. The Morgan fingerprint density at radius 2 is 1.92 bits per heavy atom. The first-order chi connectivity index (χ1) is 11.5. The molecule has 1 aromatic heterocycles. The van der Waals surface area contributed by atoms with E-state index in [1.54, 1.807) is 16.9 Å². The molecule has 7 nitrogen and oxygen atoms in total. The number of rotatable bonds is 6. The normalized spacial score (nSPS) is 10.5. The summed E-state index contributed by atoms with van der Waals surface area (Å²) < 4.78 is 1.58. The number of halogens is 1. The van der Waals surface area contributed by atoms with Gasteiger partial charge in [0, 0.05) is 19.0 Å². The molecule has 0 aliphatic carbocycles. The van der Waals surface area contributed by atoms with E-state index in [1.807, 2.05) is 32.0 Å². The standard InChI is InChI=1S/C16H20ClN5O2/c1-11(2)15(23)18-7-8-19-16(24)21-12-9-20-22(10-12)14-6-4-3-5-13(14)17/h3-6,9-11H,7-8H2,1-2H3,(H,18,23)(H2,19,21,24). The third-order valence-corrected chi connectivity index (χ3v) is 3.49. The third kappa shape index (κ3) is 4.99. The van der Waals surface area contributed by atoms with Gasteiger partial charge in [-0.05, 0) is 12.1 Å². The van der Waals surface area contributed by atoms with Crippen LogP contribution in [0.3, 0.4) is 0 Å². The lowest BCUT2D eigenvalue weighted by Gasteiger charge is -2.09. The Bertz CT molecular complexity index is 714. The highest BCUT2D eigenvalue weighted by Gasteiger charge is 2.08. The minimum atomic E-state index is -0.368. The van der Waals surface area contributed by atoms with Crippen LogP contribution in [0.1, 0.15) is 13.8 Å². The van der Waals surface area contributed by atoms with E-state index < -0.39 is 0 Å². The van der Waals surface area contributed by atoms with Crippen molar-refractivity contribution < 1.29 is 9.59 Å². The number of para-hydroxylation sites is 1. The van der Waals surface area contributed by atoms with Crippen LogP contribution >= 0.6 is 11.6 Å². The number of anilines is 1. The van der Waals surface area contributed by atoms with Gasteiger partial charge in [-0.2, -0.15) is 5.10 Å². The van der Waals surface area contributed by atoms with Crippen molar-refractivity contribution >= 4 is 29.2 Å².